The third-order valence-corrected chi connectivity index (χ3v) is 9.10. The Labute approximate surface area is 230 Å². The number of thiophene rings is 1. The van der Waals surface area contributed by atoms with Crippen molar-refractivity contribution < 1.29 is 14.3 Å². The van der Waals surface area contributed by atoms with Crippen LogP contribution in [0.5, 0.6) is 11.5 Å². The van der Waals surface area contributed by atoms with Gasteiger partial charge in [-0.15, -0.1) is 11.3 Å². The number of rotatable bonds is 5. The van der Waals surface area contributed by atoms with Crippen LogP contribution in [0.4, 0.5) is 5.69 Å². The molecule has 3 atom stereocenters. The fourth-order valence-electron chi connectivity index (χ4n) is 5.90. The maximum absolute atomic E-state index is 14.1. The van der Waals surface area contributed by atoms with Crippen LogP contribution in [0, 0.1) is 6.92 Å². The highest BCUT2D eigenvalue weighted by atomic mass is 32.1. The number of carbonyl (C=O) groups is 2. The number of nitrogens with one attached hydrogen (secondary N) is 1. The van der Waals surface area contributed by atoms with Gasteiger partial charge in [-0.3, -0.25) is 9.59 Å². The van der Waals surface area contributed by atoms with E-state index in [0.29, 0.717) is 44.1 Å². The second-order valence-electron chi connectivity index (χ2n) is 10.5. The Morgan fingerprint density at radius 2 is 1.85 bits per heavy atom. The number of para-hydroxylation sites is 1. The number of likely N-dealkylation sites (N-methyl/N-ethyl adjacent to an activating group) is 1. The van der Waals surface area contributed by atoms with Crippen LogP contribution in [0.15, 0.2) is 60.7 Å². The van der Waals surface area contributed by atoms with Gasteiger partial charge >= 0.3 is 0 Å². The van der Waals surface area contributed by atoms with Crippen LogP contribution < -0.4 is 27.3 Å². The number of likely N-dealkylation sites (tertiary alicyclic amines) is 1. The lowest BCUT2D eigenvalue weighted by molar-refractivity contribution is -0.124. The van der Waals surface area contributed by atoms with Crippen molar-refractivity contribution in [2.75, 3.05) is 25.9 Å². The van der Waals surface area contributed by atoms with E-state index in [-0.39, 0.29) is 17.7 Å². The predicted molar refractivity (Wildman–Crippen MR) is 154 cm³/mol. The zero-order chi connectivity index (χ0) is 27.5. The Balaban J connectivity index is 1.45. The molecule has 6 rings (SSSR count). The Morgan fingerprint density at radius 1 is 1.10 bits per heavy atom. The highest BCUT2D eigenvalue weighted by molar-refractivity contribution is 7.21. The third kappa shape index (κ3) is 4.09. The summed E-state index contributed by atoms with van der Waals surface area (Å²) >= 11 is 1.27. The van der Waals surface area contributed by atoms with Crippen LogP contribution in [0.1, 0.15) is 44.4 Å². The highest BCUT2D eigenvalue weighted by Crippen LogP contribution is 2.50. The van der Waals surface area contributed by atoms with Gasteiger partial charge in [-0.05, 0) is 74.0 Å². The number of hydrogen-bond donors (Lipinski definition) is 4. The van der Waals surface area contributed by atoms with Crippen LogP contribution in [-0.4, -0.2) is 42.8 Å². The van der Waals surface area contributed by atoms with Crippen LogP contribution in [0.3, 0.4) is 0 Å². The number of benzene rings is 3. The molecule has 4 aromatic rings. The van der Waals surface area contributed by atoms with Gasteiger partial charge in [-0.2, -0.15) is 0 Å². The van der Waals surface area contributed by atoms with Crippen LogP contribution in [-0.2, 0) is 10.3 Å². The monoisotopic (exact) mass is 541 g/mol. The average Bonchev–Trinajstić information content (AvgIpc) is 3.52. The van der Waals surface area contributed by atoms with Crippen molar-refractivity contribution in [3.8, 4) is 11.5 Å². The number of nitrogens with two attached hydrogens (primary N) is 3. The molecule has 0 saturated carbocycles. The molecule has 2 heterocycles. The van der Waals surface area contributed by atoms with E-state index in [1.54, 1.807) is 18.2 Å². The zero-order valence-electron chi connectivity index (χ0n) is 21.9. The predicted octanol–water partition coefficient (Wildman–Crippen LogP) is 3.80. The lowest BCUT2D eigenvalue weighted by atomic mass is 9.69. The first-order valence-electron chi connectivity index (χ1n) is 13.0. The molecule has 1 aromatic heterocycles. The number of nitrogen functional groups attached to an aromatic ring is 1. The van der Waals surface area contributed by atoms with E-state index in [9.17, 15) is 9.59 Å². The Kier molecular flexibility index (Phi) is 6.19. The number of aryl methyl sites for hydroxylation is 1. The summed E-state index contributed by atoms with van der Waals surface area (Å²) in [4.78, 5) is 30.1. The summed E-state index contributed by atoms with van der Waals surface area (Å²) < 4.78 is 6.71. The van der Waals surface area contributed by atoms with E-state index in [0.717, 1.165) is 29.8 Å². The minimum Gasteiger partial charge on any atom is -0.457 e. The molecule has 0 bridgehead atoms. The molecule has 0 radical (unpaired) electrons. The first-order valence-corrected chi connectivity index (χ1v) is 13.8. The van der Waals surface area contributed by atoms with Gasteiger partial charge in [0, 0.05) is 29.2 Å². The molecular formula is C30H31N5O3S. The number of ether oxygens (including phenoxy) is 1. The van der Waals surface area contributed by atoms with Crippen LogP contribution >= 0.6 is 11.3 Å². The van der Waals surface area contributed by atoms with Crippen molar-refractivity contribution >= 4 is 38.8 Å². The SMILES string of the molecule is Cc1cc(Oc2ccccc2)ccc1C1(N)C(=O)C(N)c2c(C(=O)NC3CCN(C)C3)sc3c(N)ccc1c23. The molecule has 3 aromatic carbocycles. The van der Waals surface area contributed by atoms with Gasteiger partial charge in [-0.25, -0.2) is 0 Å². The minimum atomic E-state index is -1.52. The summed E-state index contributed by atoms with van der Waals surface area (Å²) in [6.07, 6.45) is 0.871. The molecule has 8 nitrogen and oxygen atoms in total. The lowest BCUT2D eigenvalue weighted by Crippen LogP contribution is -2.53. The normalized spacial score (nSPS) is 22.8. The number of ketones is 1. The van der Waals surface area contributed by atoms with E-state index < -0.39 is 11.6 Å². The molecule has 2 aliphatic rings. The second kappa shape index (κ2) is 9.46. The van der Waals surface area contributed by atoms with E-state index in [1.165, 1.54) is 11.3 Å². The molecule has 1 fully saturated rings. The van der Waals surface area contributed by atoms with E-state index in [2.05, 4.69) is 10.2 Å². The number of anilines is 1. The van der Waals surface area contributed by atoms with Crippen molar-refractivity contribution in [3.05, 3.63) is 87.8 Å². The first kappa shape index (κ1) is 25.5. The van der Waals surface area contributed by atoms with Crippen LogP contribution in [0.2, 0.25) is 0 Å². The van der Waals surface area contributed by atoms with Gasteiger partial charge in [0.15, 0.2) is 5.78 Å². The van der Waals surface area contributed by atoms with Gasteiger partial charge in [0.1, 0.15) is 17.0 Å². The average molecular weight is 542 g/mol. The molecule has 39 heavy (non-hydrogen) atoms. The summed E-state index contributed by atoms with van der Waals surface area (Å²) in [6.45, 7) is 3.60. The molecule has 3 unspecified atom stereocenters. The topological polar surface area (TPSA) is 137 Å². The Hall–Kier alpha value is -3.76. The molecule has 7 N–H and O–H groups in total. The summed E-state index contributed by atoms with van der Waals surface area (Å²) in [7, 11) is 2.03. The van der Waals surface area contributed by atoms with Crippen molar-refractivity contribution in [1.82, 2.24) is 10.2 Å². The quantitative estimate of drug-likeness (QED) is 0.282. The number of Topliss-reactive ketones (excluding diaryl/α,β-unsaturated/α-hetero) is 1. The number of hydrogen-bond acceptors (Lipinski definition) is 8. The Bertz CT molecular complexity index is 1620. The smallest absolute Gasteiger partial charge is 0.262 e. The maximum Gasteiger partial charge on any atom is 0.262 e. The summed E-state index contributed by atoms with van der Waals surface area (Å²) in [6, 6.07) is 17.5. The molecule has 0 spiro atoms. The second-order valence-corrected chi connectivity index (χ2v) is 11.5. The van der Waals surface area contributed by atoms with Gasteiger partial charge in [0.25, 0.3) is 5.91 Å². The molecule has 1 amide bonds. The fraction of sp³-hybridized carbons (Fsp3) is 0.267. The first-order chi connectivity index (χ1) is 18.7. The van der Waals surface area contributed by atoms with Crippen molar-refractivity contribution in [1.29, 1.82) is 0 Å². The Morgan fingerprint density at radius 3 is 2.54 bits per heavy atom. The summed E-state index contributed by atoms with van der Waals surface area (Å²) in [5, 5.41) is 3.83. The molecule has 1 saturated heterocycles. The summed E-state index contributed by atoms with van der Waals surface area (Å²) in [5.74, 6) is 0.743. The standard InChI is InChI=1S/C30H31N5O3S/c1-16-14-19(38-18-6-4-3-5-7-18)8-9-20(16)30(33)21-10-11-22(31)26-23(21)24(25(32)28(30)36)27(39-26)29(37)34-17-12-13-35(2)15-17/h3-11,14,17,25H,12-13,15,31-33H2,1-2H3,(H,34,37). The summed E-state index contributed by atoms with van der Waals surface area (Å²) in [5.41, 5.74) is 21.6. The van der Waals surface area contributed by atoms with Crippen LogP contribution in [0.25, 0.3) is 10.1 Å². The largest absolute Gasteiger partial charge is 0.457 e. The van der Waals surface area contributed by atoms with Gasteiger partial charge in [-0.1, -0.05) is 30.3 Å². The highest BCUT2D eigenvalue weighted by Gasteiger charge is 2.49. The molecule has 200 valence electrons. The number of amides is 1. The molecule has 1 aliphatic heterocycles. The van der Waals surface area contributed by atoms with Crippen molar-refractivity contribution in [3.63, 3.8) is 0 Å². The van der Waals surface area contributed by atoms with Gasteiger partial charge in [0.2, 0.25) is 0 Å². The van der Waals surface area contributed by atoms with E-state index in [1.807, 2.05) is 56.4 Å². The van der Waals surface area contributed by atoms with Crippen molar-refractivity contribution in [2.45, 2.75) is 31.0 Å². The fourth-order valence-corrected chi connectivity index (χ4v) is 7.10. The van der Waals surface area contributed by atoms with Gasteiger partial charge < -0.3 is 32.2 Å². The maximum atomic E-state index is 14.1. The van der Waals surface area contributed by atoms with Gasteiger partial charge in [0.05, 0.1) is 15.6 Å². The van der Waals surface area contributed by atoms with Crippen molar-refractivity contribution in [2.24, 2.45) is 11.5 Å². The number of nitrogens with zero attached hydrogens (tertiary/aromatic N) is 1. The van der Waals surface area contributed by atoms with E-state index >= 15 is 0 Å². The lowest BCUT2D eigenvalue weighted by Gasteiger charge is -2.37. The van der Waals surface area contributed by atoms with E-state index in [4.69, 9.17) is 21.9 Å². The zero-order valence-corrected chi connectivity index (χ0v) is 22.7. The molecular weight excluding hydrogens is 510 g/mol. The number of carbonyl (C=O) groups excluding carboxylic acids is 2. The minimum absolute atomic E-state index is 0.0418. The molecule has 9 heteroatoms. The third-order valence-electron chi connectivity index (χ3n) is 7.85. The molecule has 1 aliphatic carbocycles.